The van der Waals surface area contributed by atoms with Crippen LogP contribution in [0.25, 0.3) is 10.9 Å². The Balaban J connectivity index is 1.65. The second-order valence-electron chi connectivity index (χ2n) is 6.62. The van der Waals surface area contributed by atoms with E-state index in [4.69, 9.17) is 11.6 Å². The molecule has 1 aromatic carbocycles. The summed E-state index contributed by atoms with van der Waals surface area (Å²) in [4.78, 5) is 6.70. The third-order valence-electron chi connectivity index (χ3n) is 4.81. The van der Waals surface area contributed by atoms with Crippen LogP contribution in [-0.2, 0) is 13.5 Å². The van der Waals surface area contributed by atoms with E-state index in [2.05, 4.69) is 27.2 Å². The Morgan fingerprint density at radius 2 is 2.24 bits per heavy atom. The van der Waals surface area contributed by atoms with E-state index in [9.17, 15) is 5.26 Å². The summed E-state index contributed by atoms with van der Waals surface area (Å²) in [6.07, 6.45) is 7.79. The summed E-state index contributed by atoms with van der Waals surface area (Å²) < 4.78 is 1.84. The highest BCUT2D eigenvalue weighted by atomic mass is 35.5. The molecule has 3 heterocycles. The number of halogens is 1. The zero-order valence-corrected chi connectivity index (χ0v) is 14.7. The van der Waals surface area contributed by atoms with Gasteiger partial charge in [-0.15, -0.1) is 0 Å². The van der Waals surface area contributed by atoms with Crippen molar-refractivity contribution >= 4 is 28.2 Å². The first-order valence-electron chi connectivity index (χ1n) is 8.35. The Morgan fingerprint density at radius 3 is 3.00 bits per heavy atom. The maximum atomic E-state index is 9.55. The predicted molar refractivity (Wildman–Crippen MR) is 98.7 cm³/mol. The predicted octanol–water partition coefficient (Wildman–Crippen LogP) is 3.56. The van der Waals surface area contributed by atoms with Crippen LogP contribution in [0.5, 0.6) is 0 Å². The fourth-order valence-corrected chi connectivity index (χ4v) is 3.86. The van der Waals surface area contributed by atoms with Crippen molar-refractivity contribution in [1.82, 2.24) is 14.8 Å². The molecule has 6 heteroatoms. The van der Waals surface area contributed by atoms with Gasteiger partial charge >= 0.3 is 0 Å². The fraction of sp³-hybridized carbons (Fsp3) is 0.316. The Labute approximate surface area is 151 Å². The Kier molecular flexibility index (Phi) is 4.06. The molecule has 1 aliphatic rings. The molecule has 0 amide bonds. The van der Waals surface area contributed by atoms with Crippen molar-refractivity contribution in [3.63, 3.8) is 0 Å². The molecule has 0 bridgehead atoms. The summed E-state index contributed by atoms with van der Waals surface area (Å²) >= 11 is 6.19. The van der Waals surface area contributed by atoms with E-state index < -0.39 is 0 Å². The topological polar surface area (TPSA) is 57.7 Å². The van der Waals surface area contributed by atoms with Gasteiger partial charge in [-0.3, -0.25) is 9.67 Å². The summed E-state index contributed by atoms with van der Waals surface area (Å²) in [6, 6.07) is 7.95. The molecular weight excluding hydrogens is 334 g/mol. The van der Waals surface area contributed by atoms with Crippen molar-refractivity contribution in [1.29, 1.82) is 5.26 Å². The van der Waals surface area contributed by atoms with Gasteiger partial charge in [0.25, 0.3) is 0 Å². The molecule has 126 valence electrons. The lowest BCUT2D eigenvalue weighted by Crippen LogP contribution is -2.21. The van der Waals surface area contributed by atoms with Gasteiger partial charge < -0.3 is 4.90 Å². The number of rotatable bonds is 3. The maximum Gasteiger partial charge on any atom is 0.103 e. The van der Waals surface area contributed by atoms with Gasteiger partial charge in [0.2, 0.25) is 0 Å². The normalized spacial score (nSPS) is 17.2. The van der Waals surface area contributed by atoms with Gasteiger partial charge in [0.15, 0.2) is 0 Å². The molecule has 4 rings (SSSR count). The molecule has 1 unspecified atom stereocenters. The van der Waals surface area contributed by atoms with E-state index in [-0.39, 0.29) is 0 Å². The van der Waals surface area contributed by atoms with Gasteiger partial charge in [-0.1, -0.05) is 11.6 Å². The quantitative estimate of drug-likeness (QED) is 0.724. The number of hydrogen-bond donors (Lipinski definition) is 0. The Morgan fingerprint density at radius 1 is 1.36 bits per heavy atom. The monoisotopic (exact) mass is 351 g/mol. The zero-order valence-electron chi connectivity index (χ0n) is 14.0. The highest BCUT2D eigenvalue weighted by Gasteiger charge is 2.26. The molecule has 1 aliphatic heterocycles. The average molecular weight is 352 g/mol. The highest BCUT2D eigenvalue weighted by molar-refractivity contribution is 6.31. The molecule has 2 aromatic heterocycles. The van der Waals surface area contributed by atoms with E-state index in [1.54, 1.807) is 6.20 Å². The lowest BCUT2D eigenvalue weighted by atomic mass is 10.0. The smallest absolute Gasteiger partial charge is 0.103 e. The summed E-state index contributed by atoms with van der Waals surface area (Å²) in [6.45, 7) is 1.86. The lowest BCUT2D eigenvalue weighted by Gasteiger charge is -2.22. The molecule has 1 fully saturated rings. The number of nitrogens with zero attached hydrogens (tertiary/aromatic N) is 5. The summed E-state index contributed by atoms with van der Waals surface area (Å²) in [5.41, 5.74) is 3.70. The zero-order chi connectivity index (χ0) is 17.4. The van der Waals surface area contributed by atoms with E-state index in [0.717, 1.165) is 42.5 Å². The fourth-order valence-electron chi connectivity index (χ4n) is 3.69. The van der Waals surface area contributed by atoms with E-state index >= 15 is 0 Å². The number of aromatic nitrogens is 3. The number of anilines is 1. The summed E-state index contributed by atoms with van der Waals surface area (Å²) in [7, 11) is 1.94. The van der Waals surface area contributed by atoms with Gasteiger partial charge in [0, 0.05) is 42.9 Å². The van der Waals surface area contributed by atoms with Crippen LogP contribution in [0.15, 0.2) is 36.8 Å². The highest BCUT2D eigenvalue weighted by Crippen LogP contribution is 2.35. The Hall–Kier alpha value is -2.58. The molecule has 1 saturated heterocycles. The Bertz CT molecular complexity index is 972. The minimum Gasteiger partial charge on any atom is -0.370 e. The van der Waals surface area contributed by atoms with Gasteiger partial charge in [0.05, 0.1) is 23.0 Å². The van der Waals surface area contributed by atoms with Crippen LogP contribution in [0.4, 0.5) is 5.69 Å². The van der Waals surface area contributed by atoms with Crippen molar-refractivity contribution < 1.29 is 0 Å². The summed E-state index contributed by atoms with van der Waals surface area (Å²) in [5, 5.41) is 15.4. The van der Waals surface area contributed by atoms with Crippen molar-refractivity contribution in [3.8, 4) is 6.07 Å². The molecular formula is C19H18ClN5. The number of hydrogen-bond acceptors (Lipinski definition) is 4. The summed E-state index contributed by atoms with van der Waals surface area (Å²) in [5.74, 6) is 0.554. The first kappa shape index (κ1) is 15.9. The first-order chi connectivity index (χ1) is 12.1. The van der Waals surface area contributed by atoms with Crippen LogP contribution in [0, 0.1) is 17.2 Å². The van der Waals surface area contributed by atoms with Gasteiger partial charge in [-0.2, -0.15) is 10.4 Å². The standard InChI is InChI=1S/C19H18ClN5/c1-24-11-14(9-23-24)6-13-4-5-25(12-13)19-15(8-21)10-22-18-3-2-16(20)7-17(18)19/h2-3,7,9-11,13H,4-6,12H2,1H3. The van der Waals surface area contributed by atoms with Gasteiger partial charge in [0.1, 0.15) is 6.07 Å². The van der Waals surface area contributed by atoms with E-state index in [1.165, 1.54) is 5.56 Å². The molecule has 0 N–H and O–H groups in total. The largest absolute Gasteiger partial charge is 0.370 e. The number of fused-ring (bicyclic) bond motifs is 1. The van der Waals surface area contributed by atoms with Crippen molar-refractivity contribution in [2.75, 3.05) is 18.0 Å². The third-order valence-corrected chi connectivity index (χ3v) is 5.04. The molecule has 0 radical (unpaired) electrons. The van der Waals surface area contributed by atoms with Crippen LogP contribution in [0.2, 0.25) is 5.02 Å². The number of nitriles is 1. The lowest BCUT2D eigenvalue weighted by molar-refractivity contribution is 0.586. The number of aryl methyl sites for hydroxylation is 1. The molecule has 3 aromatic rings. The van der Waals surface area contributed by atoms with E-state index in [1.807, 2.05) is 36.1 Å². The number of pyridine rings is 1. The third kappa shape index (κ3) is 3.06. The molecule has 1 atom stereocenters. The number of benzene rings is 1. The molecule has 0 aliphatic carbocycles. The molecule has 5 nitrogen and oxygen atoms in total. The second-order valence-corrected chi connectivity index (χ2v) is 7.06. The van der Waals surface area contributed by atoms with Crippen molar-refractivity contribution in [3.05, 3.63) is 52.9 Å². The molecule has 25 heavy (non-hydrogen) atoms. The van der Waals surface area contributed by atoms with Gasteiger partial charge in [-0.05, 0) is 42.5 Å². The van der Waals surface area contributed by atoms with Crippen LogP contribution < -0.4 is 4.90 Å². The van der Waals surface area contributed by atoms with E-state index in [0.29, 0.717) is 16.5 Å². The maximum absolute atomic E-state index is 9.55. The molecule has 0 saturated carbocycles. The van der Waals surface area contributed by atoms with Gasteiger partial charge in [-0.25, -0.2) is 0 Å². The average Bonchev–Trinajstić information content (AvgIpc) is 3.23. The minimum absolute atomic E-state index is 0.554. The second kappa shape index (κ2) is 6.38. The van der Waals surface area contributed by atoms with Crippen LogP contribution >= 0.6 is 11.6 Å². The van der Waals surface area contributed by atoms with Crippen molar-refractivity contribution in [2.24, 2.45) is 13.0 Å². The first-order valence-corrected chi connectivity index (χ1v) is 8.72. The minimum atomic E-state index is 0.554. The van der Waals surface area contributed by atoms with Crippen LogP contribution in [-0.4, -0.2) is 27.9 Å². The SMILES string of the molecule is Cn1cc(CC2CCN(c3c(C#N)cnc4ccc(Cl)cc34)C2)cn1. The van der Waals surface area contributed by atoms with Crippen LogP contribution in [0.3, 0.4) is 0 Å². The van der Waals surface area contributed by atoms with Crippen LogP contribution in [0.1, 0.15) is 17.5 Å². The van der Waals surface area contributed by atoms with Crippen molar-refractivity contribution in [2.45, 2.75) is 12.8 Å². The molecule has 0 spiro atoms.